The normalized spacial score (nSPS) is 21.2. The van der Waals surface area contributed by atoms with E-state index in [0.29, 0.717) is 6.04 Å². The maximum atomic E-state index is 5.89. The van der Waals surface area contributed by atoms with Crippen LogP contribution in [0.2, 0.25) is 0 Å². The minimum Gasteiger partial charge on any atom is -0.341 e. The summed E-state index contributed by atoms with van der Waals surface area (Å²) >= 11 is 5.89. The molecule has 3 aromatic rings. The SMILES string of the molecule is S=C(Nc1ccccc1)N1CCn2c3c(c4cc(C5CCCCC5)ccc42)CCC[C@H]31. The zero-order valence-corrected chi connectivity index (χ0v) is 19.0. The number of aromatic nitrogens is 1. The number of fused-ring (bicyclic) bond motifs is 3. The Bertz CT molecular complexity index is 1110. The van der Waals surface area contributed by atoms with Crippen molar-refractivity contribution >= 4 is 33.9 Å². The summed E-state index contributed by atoms with van der Waals surface area (Å²) in [5, 5.41) is 5.87. The second-order valence-electron chi connectivity index (χ2n) is 9.52. The molecule has 0 bridgehead atoms. The van der Waals surface area contributed by atoms with E-state index < -0.39 is 0 Å². The molecule has 1 fully saturated rings. The molecule has 4 heteroatoms. The van der Waals surface area contributed by atoms with E-state index >= 15 is 0 Å². The van der Waals surface area contributed by atoms with Gasteiger partial charge in [0.1, 0.15) is 0 Å². The van der Waals surface area contributed by atoms with Gasteiger partial charge in [0.15, 0.2) is 5.11 Å². The van der Waals surface area contributed by atoms with Crippen LogP contribution in [-0.4, -0.2) is 21.1 Å². The summed E-state index contributed by atoms with van der Waals surface area (Å²) in [6, 6.07) is 18.1. The van der Waals surface area contributed by atoms with Crippen molar-refractivity contribution in [2.75, 3.05) is 11.9 Å². The smallest absolute Gasteiger partial charge is 0.174 e. The van der Waals surface area contributed by atoms with Crippen molar-refractivity contribution in [3.05, 3.63) is 65.4 Å². The van der Waals surface area contributed by atoms with Crippen LogP contribution < -0.4 is 5.32 Å². The van der Waals surface area contributed by atoms with Crippen molar-refractivity contribution in [2.45, 2.75) is 69.9 Å². The second kappa shape index (κ2) is 7.98. The number of rotatable bonds is 2. The molecule has 1 N–H and O–H groups in total. The van der Waals surface area contributed by atoms with Gasteiger partial charge in [0.2, 0.25) is 0 Å². The molecule has 6 rings (SSSR count). The maximum Gasteiger partial charge on any atom is 0.174 e. The summed E-state index contributed by atoms with van der Waals surface area (Å²) in [7, 11) is 0. The van der Waals surface area contributed by atoms with E-state index in [-0.39, 0.29) is 0 Å². The highest BCUT2D eigenvalue weighted by atomic mass is 32.1. The fourth-order valence-electron chi connectivity index (χ4n) is 6.27. The molecular weight excluding hydrogens is 398 g/mol. The third-order valence-electron chi connectivity index (χ3n) is 7.76. The summed E-state index contributed by atoms with van der Waals surface area (Å²) in [4.78, 5) is 2.45. The van der Waals surface area contributed by atoms with Crippen LogP contribution in [0.1, 0.15) is 73.7 Å². The molecule has 2 aromatic carbocycles. The van der Waals surface area contributed by atoms with Gasteiger partial charge in [0.25, 0.3) is 0 Å². The van der Waals surface area contributed by atoms with Gasteiger partial charge in [-0.1, -0.05) is 43.5 Å². The average molecular weight is 430 g/mol. The van der Waals surface area contributed by atoms with Gasteiger partial charge in [-0.15, -0.1) is 0 Å². The van der Waals surface area contributed by atoms with Gasteiger partial charge in [0, 0.05) is 35.4 Å². The lowest BCUT2D eigenvalue weighted by Gasteiger charge is -2.41. The van der Waals surface area contributed by atoms with Crippen molar-refractivity contribution in [1.29, 1.82) is 0 Å². The van der Waals surface area contributed by atoms with E-state index in [1.807, 2.05) is 6.07 Å². The third kappa shape index (κ3) is 3.36. The van der Waals surface area contributed by atoms with Gasteiger partial charge in [0.05, 0.1) is 6.04 Å². The van der Waals surface area contributed by atoms with Crippen LogP contribution in [0.25, 0.3) is 10.9 Å². The second-order valence-corrected chi connectivity index (χ2v) is 9.91. The molecule has 1 atom stereocenters. The Balaban J connectivity index is 1.35. The van der Waals surface area contributed by atoms with Crippen LogP contribution >= 0.6 is 12.2 Å². The molecule has 1 aliphatic heterocycles. The number of aryl methyl sites for hydroxylation is 1. The highest BCUT2D eigenvalue weighted by Crippen LogP contribution is 2.44. The van der Waals surface area contributed by atoms with Crippen molar-refractivity contribution in [3.63, 3.8) is 0 Å². The Morgan fingerprint density at radius 1 is 0.903 bits per heavy atom. The Morgan fingerprint density at radius 3 is 2.58 bits per heavy atom. The molecule has 1 aromatic heterocycles. The maximum absolute atomic E-state index is 5.89. The minimum atomic E-state index is 0.395. The molecule has 0 spiro atoms. The summed E-state index contributed by atoms with van der Waals surface area (Å²) < 4.78 is 2.61. The zero-order chi connectivity index (χ0) is 20.8. The molecule has 0 amide bonds. The number of para-hydroxylation sites is 1. The first-order chi connectivity index (χ1) is 15.3. The summed E-state index contributed by atoms with van der Waals surface area (Å²) in [6.45, 7) is 1.99. The molecule has 2 heterocycles. The van der Waals surface area contributed by atoms with E-state index in [1.54, 1.807) is 11.1 Å². The highest BCUT2D eigenvalue weighted by molar-refractivity contribution is 7.80. The monoisotopic (exact) mass is 429 g/mol. The summed E-state index contributed by atoms with van der Waals surface area (Å²) in [5.41, 5.74) is 7.22. The lowest BCUT2D eigenvalue weighted by molar-refractivity contribution is 0.235. The van der Waals surface area contributed by atoms with E-state index in [0.717, 1.165) is 29.8 Å². The molecule has 0 unspecified atom stereocenters. The molecule has 160 valence electrons. The predicted octanol–water partition coefficient (Wildman–Crippen LogP) is 6.78. The van der Waals surface area contributed by atoms with Crippen molar-refractivity contribution in [2.24, 2.45) is 0 Å². The first-order valence-electron chi connectivity index (χ1n) is 12.1. The van der Waals surface area contributed by atoms with Gasteiger partial charge in [-0.25, -0.2) is 0 Å². The lowest BCUT2D eigenvalue weighted by Crippen LogP contribution is -2.45. The van der Waals surface area contributed by atoms with Crippen molar-refractivity contribution in [1.82, 2.24) is 9.47 Å². The van der Waals surface area contributed by atoms with E-state index in [4.69, 9.17) is 12.2 Å². The first kappa shape index (κ1) is 19.4. The van der Waals surface area contributed by atoms with Crippen LogP contribution in [0, 0.1) is 0 Å². The molecule has 2 aliphatic carbocycles. The Labute approximate surface area is 190 Å². The van der Waals surface area contributed by atoms with Crippen molar-refractivity contribution < 1.29 is 0 Å². The topological polar surface area (TPSA) is 20.2 Å². The fraction of sp³-hybridized carbons (Fsp3) is 0.444. The average Bonchev–Trinajstić information content (AvgIpc) is 3.15. The molecule has 1 saturated carbocycles. The Morgan fingerprint density at radius 2 is 1.74 bits per heavy atom. The Kier molecular flexibility index (Phi) is 4.98. The van der Waals surface area contributed by atoms with E-state index in [1.165, 1.54) is 68.0 Å². The predicted molar refractivity (Wildman–Crippen MR) is 133 cm³/mol. The van der Waals surface area contributed by atoms with E-state index in [2.05, 4.69) is 57.2 Å². The first-order valence-corrected chi connectivity index (χ1v) is 12.5. The van der Waals surface area contributed by atoms with Crippen LogP contribution in [-0.2, 0) is 13.0 Å². The standard InChI is InChI=1S/C27H31N3S/c31-27(28-21-10-5-2-6-11-21)30-17-16-29-24-15-14-20(19-8-3-1-4-9-19)18-23(24)22-12-7-13-25(30)26(22)29/h2,5-6,10-11,14-15,18-19,25H,1,3-4,7-9,12-13,16-17H2,(H,28,31)/t25-/m1/s1. The molecule has 3 aliphatic rings. The van der Waals surface area contributed by atoms with Gasteiger partial charge < -0.3 is 14.8 Å². The van der Waals surface area contributed by atoms with Crippen LogP contribution in [0.3, 0.4) is 0 Å². The number of thiocarbonyl (C=S) groups is 1. The van der Waals surface area contributed by atoms with Crippen LogP contribution in [0.15, 0.2) is 48.5 Å². The lowest BCUT2D eigenvalue weighted by atomic mass is 9.83. The minimum absolute atomic E-state index is 0.395. The number of anilines is 1. The van der Waals surface area contributed by atoms with Crippen molar-refractivity contribution in [3.8, 4) is 0 Å². The largest absolute Gasteiger partial charge is 0.341 e. The molecule has 0 saturated heterocycles. The van der Waals surface area contributed by atoms with Gasteiger partial charge in [-0.3, -0.25) is 0 Å². The molecule has 3 nitrogen and oxygen atoms in total. The highest BCUT2D eigenvalue weighted by Gasteiger charge is 2.36. The van der Waals surface area contributed by atoms with Crippen LogP contribution in [0.5, 0.6) is 0 Å². The van der Waals surface area contributed by atoms with Crippen LogP contribution in [0.4, 0.5) is 5.69 Å². The fourth-order valence-corrected chi connectivity index (χ4v) is 6.61. The van der Waals surface area contributed by atoms with Gasteiger partial charge >= 0.3 is 0 Å². The summed E-state index contributed by atoms with van der Waals surface area (Å²) in [5.74, 6) is 0.765. The quantitative estimate of drug-likeness (QED) is 0.454. The summed E-state index contributed by atoms with van der Waals surface area (Å²) in [6.07, 6.45) is 10.6. The Hall–Kier alpha value is -2.33. The van der Waals surface area contributed by atoms with Gasteiger partial charge in [-0.2, -0.15) is 0 Å². The van der Waals surface area contributed by atoms with E-state index in [9.17, 15) is 0 Å². The molecule has 0 radical (unpaired) electrons. The number of nitrogens with zero attached hydrogens (tertiary/aromatic N) is 2. The number of hydrogen-bond donors (Lipinski definition) is 1. The number of nitrogens with one attached hydrogen (secondary N) is 1. The molecule has 31 heavy (non-hydrogen) atoms. The number of benzene rings is 2. The van der Waals surface area contributed by atoms with Gasteiger partial charge in [-0.05, 0) is 85.6 Å². The third-order valence-corrected chi connectivity index (χ3v) is 8.10. The number of hydrogen-bond acceptors (Lipinski definition) is 1. The zero-order valence-electron chi connectivity index (χ0n) is 18.1. The molecular formula is C27H31N3S.